The fourth-order valence-electron chi connectivity index (χ4n) is 6.10. The molecule has 4 rings (SSSR count). The Labute approximate surface area is 210 Å². The fourth-order valence-corrected chi connectivity index (χ4v) is 6.10. The van der Waals surface area contributed by atoms with E-state index in [1.165, 1.54) is 18.1 Å². The summed E-state index contributed by atoms with van der Waals surface area (Å²) < 4.78 is 19.5. The van der Waals surface area contributed by atoms with Gasteiger partial charge in [-0.15, -0.1) is 0 Å². The molecule has 2 aliphatic rings. The summed E-state index contributed by atoms with van der Waals surface area (Å²) in [6, 6.07) is 15.5. The van der Waals surface area contributed by atoms with E-state index in [2.05, 4.69) is 41.0 Å². The maximum Gasteiger partial charge on any atom is 0.228 e. The molecule has 2 fully saturated rings. The van der Waals surface area contributed by atoms with Gasteiger partial charge < -0.3 is 14.5 Å². The summed E-state index contributed by atoms with van der Waals surface area (Å²) in [7, 11) is 3.67. The highest BCUT2D eigenvalue weighted by atomic mass is 19.1. The number of hydrogen-bond acceptors (Lipinski definition) is 3. The molecule has 0 bridgehead atoms. The van der Waals surface area contributed by atoms with Crippen LogP contribution in [0.3, 0.4) is 0 Å². The summed E-state index contributed by atoms with van der Waals surface area (Å²) in [6.45, 7) is 4.91. The van der Waals surface area contributed by atoms with Gasteiger partial charge in [-0.1, -0.05) is 56.5 Å². The van der Waals surface area contributed by atoms with Crippen LogP contribution < -0.4 is 4.74 Å². The predicted molar refractivity (Wildman–Crippen MR) is 139 cm³/mol. The summed E-state index contributed by atoms with van der Waals surface area (Å²) in [5.41, 5.74) is 2.01. The van der Waals surface area contributed by atoms with Crippen molar-refractivity contribution in [2.75, 3.05) is 33.8 Å². The van der Waals surface area contributed by atoms with E-state index in [4.69, 9.17) is 4.74 Å². The van der Waals surface area contributed by atoms with Crippen LogP contribution in [0.5, 0.6) is 5.75 Å². The molecular formula is C30H41FN2O2. The second-order valence-corrected chi connectivity index (χ2v) is 10.8. The van der Waals surface area contributed by atoms with Gasteiger partial charge in [0, 0.05) is 30.6 Å². The van der Waals surface area contributed by atoms with Gasteiger partial charge >= 0.3 is 0 Å². The predicted octanol–water partition coefficient (Wildman–Crippen LogP) is 6.05. The molecule has 0 N–H and O–H groups in total. The van der Waals surface area contributed by atoms with Gasteiger partial charge in [0.15, 0.2) is 0 Å². The second kappa shape index (κ2) is 11.6. The number of benzene rings is 2. The number of carbonyl (C=O) groups is 1. The van der Waals surface area contributed by atoms with Crippen molar-refractivity contribution in [1.29, 1.82) is 0 Å². The molecule has 1 amide bonds. The highest BCUT2D eigenvalue weighted by molar-refractivity contribution is 5.82. The monoisotopic (exact) mass is 480 g/mol. The number of likely N-dealkylation sites (tertiary alicyclic amines) is 1. The molecule has 0 spiro atoms. The summed E-state index contributed by atoms with van der Waals surface area (Å²) in [5.74, 6) is 1.17. The zero-order valence-electron chi connectivity index (χ0n) is 21.6. The highest BCUT2D eigenvalue weighted by Gasteiger charge is 2.39. The van der Waals surface area contributed by atoms with Gasteiger partial charge in [-0.3, -0.25) is 4.79 Å². The van der Waals surface area contributed by atoms with Gasteiger partial charge in [0.25, 0.3) is 0 Å². The largest absolute Gasteiger partial charge is 0.496 e. The van der Waals surface area contributed by atoms with Crippen LogP contribution in [0.4, 0.5) is 4.39 Å². The SMILES string of the molecule is COc1ccc(F)cc1C1CCN(CC(Cc2ccccc2)N(C)C(=O)C2(C)CCCCC2)CC1. The van der Waals surface area contributed by atoms with Crippen LogP contribution in [0.1, 0.15) is 68.9 Å². The normalized spacial score (nSPS) is 19.8. The molecule has 2 aromatic carbocycles. The van der Waals surface area contributed by atoms with E-state index in [1.807, 2.05) is 13.1 Å². The Bertz CT molecular complexity index is 966. The van der Waals surface area contributed by atoms with E-state index in [9.17, 15) is 9.18 Å². The third-order valence-electron chi connectivity index (χ3n) is 8.34. The number of likely N-dealkylation sites (N-methyl/N-ethyl adjacent to an activating group) is 1. The highest BCUT2D eigenvalue weighted by Crippen LogP contribution is 2.38. The maximum atomic E-state index is 13.9. The quantitative estimate of drug-likeness (QED) is 0.461. The van der Waals surface area contributed by atoms with Crippen LogP contribution in [0, 0.1) is 11.2 Å². The molecule has 0 radical (unpaired) electrons. The molecule has 1 saturated heterocycles. The first kappa shape index (κ1) is 25.7. The van der Waals surface area contributed by atoms with Crippen molar-refractivity contribution in [3.8, 4) is 5.75 Å². The summed E-state index contributed by atoms with van der Waals surface area (Å²) in [5, 5.41) is 0. The zero-order chi connectivity index (χ0) is 24.8. The van der Waals surface area contributed by atoms with Gasteiger partial charge in [-0.05, 0) is 74.9 Å². The molecular weight excluding hydrogens is 439 g/mol. The van der Waals surface area contributed by atoms with Gasteiger partial charge in [0.2, 0.25) is 5.91 Å². The Kier molecular flexibility index (Phi) is 8.48. The molecule has 1 aliphatic carbocycles. The number of piperidine rings is 1. The molecule has 1 saturated carbocycles. The Hall–Kier alpha value is -2.40. The zero-order valence-corrected chi connectivity index (χ0v) is 21.6. The summed E-state index contributed by atoms with van der Waals surface area (Å²) in [6.07, 6.45) is 8.32. The van der Waals surface area contributed by atoms with Crippen LogP contribution in [0.25, 0.3) is 0 Å². The van der Waals surface area contributed by atoms with Crippen molar-refractivity contribution < 1.29 is 13.9 Å². The standard InChI is InChI=1S/C30H41FN2O2/c1-30(16-8-5-9-17-30)29(34)32(2)26(20-23-10-6-4-7-11-23)22-33-18-14-24(15-19-33)27-21-25(31)12-13-28(27)35-3/h4,6-7,10-13,21,24,26H,5,8-9,14-20,22H2,1-3H3. The smallest absolute Gasteiger partial charge is 0.228 e. The number of nitrogens with zero attached hydrogens (tertiary/aromatic N) is 2. The molecule has 1 aliphatic heterocycles. The summed E-state index contributed by atoms with van der Waals surface area (Å²) in [4.78, 5) is 18.2. The van der Waals surface area contributed by atoms with Crippen LogP contribution >= 0.6 is 0 Å². The lowest BCUT2D eigenvalue weighted by Gasteiger charge is -2.41. The molecule has 5 heteroatoms. The molecule has 0 aromatic heterocycles. The first-order valence-electron chi connectivity index (χ1n) is 13.3. The van der Waals surface area contributed by atoms with Crippen LogP contribution in [-0.2, 0) is 11.2 Å². The van der Waals surface area contributed by atoms with Crippen molar-refractivity contribution in [2.24, 2.45) is 5.41 Å². The van der Waals surface area contributed by atoms with E-state index in [0.29, 0.717) is 11.8 Å². The molecule has 35 heavy (non-hydrogen) atoms. The Morgan fingerprint density at radius 2 is 1.80 bits per heavy atom. The first-order valence-corrected chi connectivity index (χ1v) is 13.3. The second-order valence-electron chi connectivity index (χ2n) is 10.8. The minimum absolute atomic E-state index is 0.129. The van der Waals surface area contributed by atoms with Gasteiger partial charge in [0.1, 0.15) is 11.6 Å². The Morgan fingerprint density at radius 1 is 1.11 bits per heavy atom. The number of rotatable bonds is 8. The molecule has 1 heterocycles. The number of methoxy groups -OCH3 is 1. The van der Waals surface area contributed by atoms with Crippen molar-refractivity contribution in [1.82, 2.24) is 9.80 Å². The first-order chi connectivity index (χ1) is 16.9. The van der Waals surface area contributed by atoms with Crippen LogP contribution in [0.2, 0.25) is 0 Å². The fraction of sp³-hybridized carbons (Fsp3) is 0.567. The minimum Gasteiger partial charge on any atom is -0.496 e. The van der Waals surface area contributed by atoms with E-state index in [-0.39, 0.29) is 17.3 Å². The topological polar surface area (TPSA) is 32.8 Å². The molecule has 4 nitrogen and oxygen atoms in total. The lowest BCUT2D eigenvalue weighted by Crippen LogP contribution is -2.52. The van der Waals surface area contributed by atoms with Crippen molar-refractivity contribution >= 4 is 5.91 Å². The minimum atomic E-state index is -0.233. The van der Waals surface area contributed by atoms with E-state index in [1.54, 1.807) is 19.2 Å². The molecule has 190 valence electrons. The lowest BCUT2D eigenvalue weighted by molar-refractivity contribution is -0.144. The maximum absolute atomic E-state index is 13.9. The Balaban J connectivity index is 1.45. The van der Waals surface area contributed by atoms with Crippen LogP contribution in [0.15, 0.2) is 48.5 Å². The third-order valence-corrected chi connectivity index (χ3v) is 8.34. The molecule has 1 atom stereocenters. The summed E-state index contributed by atoms with van der Waals surface area (Å²) >= 11 is 0. The van der Waals surface area contributed by atoms with E-state index >= 15 is 0 Å². The van der Waals surface area contributed by atoms with Crippen molar-refractivity contribution in [3.05, 3.63) is 65.5 Å². The van der Waals surface area contributed by atoms with Crippen LogP contribution in [-0.4, -0.2) is 55.5 Å². The van der Waals surface area contributed by atoms with E-state index in [0.717, 1.165) is 75.9 Å². The Morgan fingerprint density at radius 3 is 2.46 bits per heavy atom. The van der Waals surface area contributed by atoms with Crippen molar-refractivity contribution in [3.63, 3.8) is 0 Å². The number of carbonyl (C=O) groups excluding carboxylic acids is 1. The number of amides is 1. The van der Waals surface area contributed by atoms with E-state index < -0.39 is 0 Å². The average molecular weight is 481 g/mol. The third kappa shape index (κ3) is 6.24. The van der Waals surface area contributed by atoms with Gasteiger partial charge in [0.05, 0.1) is 7.11 Å². The molecule has 1 unspecified atom stereocenters. The van der Waals surface area contributed by atoms with Gasteiger partial charge in [-0.25, -0.2) is 4.39 Å². The average Bonchev–Trinajstić information content (AvgIpc) is 2.89. The number of hydrogen-bond donors (Lipinski definition) is 0. The van der Waals surface area contributed by atoms with Gasteiger partial charge in [-0.2, -0.15) is 0 Å². The van der Waals surface area contributed by atoms with Crippen molar-refractivity contribution in [2.45, 2.75) is 70.3 Å². The lowest BCUT2D eigenvalue weighted by atomic mass is 9.74. The number of halogens is 1. The molecule has 2 aromatic rings. The number of ether oxygens (including phenoxy) is 1.